The van der Waals surface area contributed by atoms with Crippen LogP contribution < -0.4 is 5.32 Å². The maximum Gasteiger partial charge on any atom is 0.226 e. The molecule has 8 nitrogen and oxygen atoms in total. The summed E-state index contributed by atoms with van der Waals surface area (Å²) in [5, 5.41) is 7.13. The Morgan fingerprint density at radius 1 is 1.41 bits per heavy atom. The Balaban J connectivity index is 1.20. The van der Waals surface area contributed by atoms with Crippen molar-refractivity contribution < 1.29 is 14.1 Å². The van der Waals surface area contributed by atoms with Crippen LogP contribution in [0.3, 0.4) is 0 Å². The second-order valence-corrected chi connectivity index (χ2v) is 7.36. The number of hydrogen-bond donors (Lipinski definition) is 1. The zero-order chi connectivity index (χ0) is 18.6. The third kappa shape index (κ3) is 4.51. The smallest absolute Gasteiger partial charge is 0.226 e. The lowest BCUT2D eigenvalue weighted by atomic mass is 10.1. The number of nitrogens with zero attached hydrogens (tertiary/aromatic N) is 4. The number of nitrogens with one attached hydrogen (secondary N) is 1. The van der Waals surface area contributed by atoms with Gasteiger partial charge in [0.2, 0.25) is 17.6 Å². The van der Waals surface area contributed by atoms with Crippen molar-refractivity contribution in [2.75, 3.05) is 19.7 Å². The Kier molecular flexibility index (Phi) is 5.45. The molecule has 0 bridgehead atoms. The maximum absolute atomic E-state index is 12.3. The second-order valence-electron chi connectivity index (χ2n) is 7.36. The minimum Gasteiger partial charge on any atom is -0.376 e. The Labute approximate surface area is 158 Å². The lowest BCUT2D eigenvalue weighted by Gasteiger charge is -2.33. The van der Waals surface area contributed by atoms with Gasteiger partial charge in [-0.2, -0.15) is 4.98 Å². The molecule has 1 amide bonds. The van der Waals surface area contributed by atoms with E-state index in [4.69, 9.17) is 9.26 Å². The SMILES string of the molecule is C[C@@H]1CN2C[C@H](NC(=O)CCCc3nc(-c4cccnc4)no3)C[C@H]2CO1. The summed E-state index contributed by atoms with van der Waals surface area (Å²) in [5.41, 5.74) is 0.821. The second kappa shape index (κ2) is 8.14. The molecule has 0 saturated carbocycles. The first-order valence-electron chi connectivity index (χ1n) is 9.55. The molecule has 4 heterocycles. The minimum absolute atomic E-state index is 0.0841. The summed E-state index contributed by atoms with van der Waals surface area (Å²) in [6.45, 7) is 4.74. The number of ether oxygens (including phenoxy) is 1. The molecule has 0 aromatic carbocycles. The monoisotopic (exact) mass is 371 g/mol. The number of morpholine rings is 1. The normalized spacial score (nSPS) is 25.3. The first kappa shape index (κ1) is 18.1. The van der Waals surface area contributed by atoms with E-state index in [1.807, 2.05) is 12.1 Å². The third-order valence-corrected chi connectivity index (χ3v) is 5.14. The molecule has 0 radical (unpaired) electrons. The molecule has 0 aliphatic carbocycles. The molecular formula is C19H25N5O3. The molecule has 0 unspecified atom stereocenters. The number of aryl methyl sites for hydroxylation is 1. The topological polar surface area (TPSA) is 93.4 Å². The lowest BCUT2D eigenvalue weighted by molar-refractivity contribution is -0.121. The Morgan fingerprint density at radius 2 is 2.33 bits per heavy atom. The van der Waals surface area contributed by atoms with E-state index in [2.05, 4.69) is 32.3 Å². The van der Waals surface area contributed by atoms with Crippen LogP contribution in [0.1, 0.15) is 32.1 Å². The van der Waals surface area contributed by atoms with Crippen LogP contribution in [0.2, 0.25) is 0 Å². The Hall–Kier alpha value is -2.32. The van der Waals surface area contributed by atoms with Crippen molar-refractivity contribution in [2.45, 2.75) is 50.8 Å². The quantitative estimate of drug-likeness (QED) is 0.821. The van der Waals surface area contributed by atoms with Gasteiger partial charge >= 0.3 is 0 Å². The summed E-state index contributed by atoms with van der Waals surface area (Å²) in [6.07, 6.45) is 6.37. The molecular weight excluding hydrogens is 346 g/mol. The molecule has 4 rings (SSSR count). The van der Waals surface area contributed by atoms with E-state index in [1.54, 1.807) is 12.4 Å². The summed E-state index contributed by atoms with van der Waals surface area (Å²) >= 11 is 0. The number of fused-ring (bicyclic) bond motifs is 1. The highest BCUT2D eigenvalue weighted by Gasteiger charge is 2.36. The number of amides is 1. The average molecular weight is 371 g/mol. The molecule has 27 heavy (non-hydrogen) atoms. The van der Waals surface area contributed by atoms with Crippen molar-refractivity contribution in [2.24, 2.45) is 0 Å². The van der Waals surface area contributed by atoms with E-state index >= 15 is 0 Å². The molecule has 3 atom stereocenters. The van der Waals surface area contributed by atoms with Crippen molar-refractivity contribution >= 4 is 5.91 Å². The highest BCUT2D eigenvalue weighted by atomic mass is 16.5. The van der Waals surface area contributed by atoms with Gasteiger partial charge in [-0.3, -0.25) is 14.7 Å². The van der Waals surface area contributed by atoms with Gasteiger partial charge in [0.25, 0.3) is 0 Å². The molecule has 1 N–H and O–H groups in total. The molecule has 2 aliphatic rings. The number of carbonyl (C=O) groups excluding carboxylic acids is 1. The van der Waals surface area contributed by atoms with Gasteiger partial charge in [0.05, 0.1) is 12.7 Å². The van der Waals surface area contributed by atoms with Gasteiger partial charge in [-0.25, -0.2) is 0 Å². The van der Waals surface area contributed by atoms with Gasteiger partial charge in [-0.05, 0) is 31.9 Å². The van der Waals surface area contributed by atoms with Gasteiger partial charge in [0.1, 0.15) is 0 Å². The average Bonchev–Trinajstić information content (AvgIpc) is 3.28. The van der Waals surface area contributed by atoms with Crippen molar-refractivity contribution in [3.05, 3.63) is 30.4 Å². The van der Waals surface area contributed by atoms with Gasteiger partial charge in [0, 0.05) is 56.0 Å². The van der Waals surface area contributed by atoms with Crippen LogP contribution in [0.15, 0.2) is 29.0 Å². The van der Waals surface area contributed by atoms with Crippen molar-refractivity contribution in [1.82, 2.24) is 25.3 Å². The van der Waals surface area contributed by atoms with Crippen LogP contribution in [0.4, 0.5) is 0 Å². The number of hydrogen-bond acceptors (Lipinski definition) is 7. The first-order chi connectivity index (χ1) is 13.2. The number of carbonyl (C=O) groups is 1. The standard InChI is InChI=1S/C19H25N5O3/c1-13-10-24-11-15(8-16(24)12-26-13)21-17(25)5-2-6-18-22-19(23-27-18)14-4-3-7-20-9-14/h3-4,7,9,13,15-16H,2,5-6,8,10-12H2,1H3,(H,21,25)/t13-,15-,16+/m1/s1. The highest BCUT2D eigenvalue weighted by molar-refractivity contribution is 5.76. The predicted octanol–water partition coefficient (Wildman–Crippen LogP) is 1.43. The third-order valence-electron chi connectivity index (χ3n) is 5.14. The van der Waals surface area contributed by atoms with Crippen LogP contribution in [-0.2, 0) is 16.0 Å². The molecule has 2 aromatic rings. The number of pyridine rings is 1. The van der Waals surface area contributed by atoms with Crippen LogP contribution in [0.25, 0.3) is 11.4 Å². The van der Waals surface area contributed by atoms with E-state index in [1.165, 1.54) is 0 Å². The van der Waals surface area contributed by atoms with Crippen LogP contribution in [-0.4, -0.2) is 63.8 Å². The first-order valence-corrected chi connectivity index (χ1v) is 9.55. The zero-order valence-corrected chi connectivity index (χ0v) is 15.5. The summed E-state index contributed by atoms with van der Waals surface area (Å²) < 4.78 is 11.0. The van der Waals surface area contributed by atoms with E-state index in [-0.39, 0.29) is 18.1 Å². The zero-order valence-electron chi connectivity index (χ0n) is 15.5. The van der Waals surface area contributed by atoms with Crippen LogP contribution in [0, 0.1) is 0 Å². The van der Waals surface area contributed by atoms with Crippen molar-refractivity contribution in [3.63, 3.8) is 0 Å². The fourth-order valence-electron chi connectivity index (χ4n) is 3.81. The van der Waals surface area contributed by atoms with Crippen molar-refractivity contribution in [1.29, 1.82) is 0 Å². The van der Waals surface area contributed by atoms with E-state index in [0.29, 0.717) is 37.0 Å². The maximum atomic E-state index is 12.3. The lowest BCUT2D eigenvalue weighted by Crippen LogP contribution is -2.45. The Bertz CT molecular complexity index is 766. The van der Waals surface area contributed by atoms with Crippen molar-refractivity contribution in [3.8, 4) is 11.4 Å². The molecule has 2 aromatic heterocycles. The van der Waals surface area contributed by atoms with Gasteiger partial charge < -0.3 is 14.6 Å². The number of aromatic nitrogens is 3. The molecule has 2 saturated heterocycles. The summed E-state index contributed by atoms with van der Waals surface area (Å²) in [5.74, 6) is 1.16. The summed E-state index contributed by atoms with van der Waals surface area (Å²) in [7, 11) is 0. The summed E-state index contributed by atoms with van der Waals surface area (Å²) in [6, 6.07) is 4.38. The fourth-order valence-corrected chi connectivity index (χ4v) is 3.81. The Morgan fingerprint density at radius 3 is 3.19 bits per heavy atom. The van der Waals surface area contributed by atoms with Gasteiger partial charge in [0.15, 0.2) is 0 Å². The van der Waals surface area contributed by atoms with Crippen LogP contribution >= 0.6 is 0 Å². The van der Waals surface area contributed by atoms with E-state index in [9.17, 15) is 4.79 Å². The number of rotatable bonds is 6. The summed E-state index contributed by atoms with van der Waals surface area (Å²) in [4.78, 5) is 23.1. The predicted molar refractivity (Wildman–Crippen MR) is 97.8 cm³/mol. The van der Waals surface area contributed by atoms with Gasteiger partial charge in [-0.15, -0.1) is 0 Å². The molecule has 144 valence electrons. The van der Waals surface area contributed by atoms with E-state index < -0.39 is 0 Å². The van der Waals surface area contributed by atoms with Gasteiger partial charge in [-0.1, -0.05) is 5.16 Å². The molecule has 2 aliphatic heterocycles. The van der Waals surface area contributed by atoms with Crippen LogP contribution in [0.5, 0.6) is 0 Å². The molecule has 2 fully saturated rings. The minimum atomic E-state index is 0.0841. The fraction of sp³-hybridized carbons (Fsp3) is 0.579. The van der Waals surface area contributed by atoms with E-state index in [0.717, 1.165) is 31.7 Å². The largest absolute Gasteiger partial charge is 0.376 e. The molecule has 0 spiro atoms. The highest BCUT2D eigenvalue weighted by Crippen LogP contribution is 2.23. The molecule has 8 heteroatoms.